The molecule has 0 atom stereocenters. The van der Waals surface area contributed by atoms with Crippen LogP contribution in [0.5, 0.6) is 0 Å². The summed E-state index contributed by atoms with van der Waals surface area (Å²) in [5.41, 5.74) is 5.33. The van der Waals surface area contributed by atoms with Crippen LogP contribution in [0.25, 0.3) is 0 Å². The fourth-order valence-corrected chi connectivity index (χ4v) is 2.63. The summed E-state index contributed by atoms with van der Waals surface area (Å²) in [6.07, 6.45) is 2.89. The maximum Gasteiger partial charge on any atom is 0.270 e. The number of hydrogen-bond acceptors (Lipinski definition) is 4. The summed E-state index contributed by atoms with van der Waals surface area (Å²) in [5.74, 6) is -0.635. The molecule has 2 rings (SSSR count). The Morgan fingerprint density at radius 2 is 1.94 bits per heavy atom. The van der Waals surface area contributed by atoms with Gasteiger partial charge in [0, 0.05) is 17.3 Å². The van der Waals surface area contributed by atoms with E-state index in [4.69, 9.17) is 28.9 Å². The van der Waals surface area contributed by atoms with Gasteiger partial charge in [-0.1, -0.05) is 41.0 Å². The number of nitrogens with two attached hydrogens (primary N) is 1. The summed E-state index contributed by atoms with van der Waals surface area (Å²) in [6, 6.07) is 5.22. The second-order valence-electron chi connectivity index (χ2n) is 3.23. The molecule has 0 fully saturated rings. The normalized spacial score (nSPS) is 10.3. The van der Waals surface area contributed by atoms with Gasteiger partial charge in [-0.25, -0.2) is 9.97 Å². The molecule has 1 aromatic heterocycles. The highest BCUT2D eigenvalue weighted by atomic mass is 35.5. The maximum atomic E-state index is 11.2. The van der Waals surface area contributed by atoms with Gasteiger partial charge in [-0.05, 0) is 12.1 Å². The minimum atomic E-state index is -0.635. The van der Waals surface area contributed by atoms with Gasteiger partial charge in [0.2, 0.25) is 0 Å². The van der Waals surface area contributed by atoms with Crippen LogP contribution >= 0.6 is 35.0 Å². The number of carbonyl (C=O) groups excluding carboxylic acids is 1. The van der Waals surface area contributed by atoms with E-state index in [0.717, 1.165) is 0 Å². The molecule has 0 bridgehead atoms. The number of rotatable bonds is 3. The van der Waals surface area contributed by atoms with Crippen LogP contribution in [0, 0.1) is 0 Å². The average molecular weight is 300 g/mol. The van der Waals surface area contributed by atoms with Gasteiger partial charge in [0.05, 0.1) is 10.0 Å². The van der Waals surface area contributed by atoms with Crippen molar-refractivity contribution in [3.05, 3.63) is 46.3 Å². The van der Waals surface area contributed by atoms with E-state index in [2.05, 4.69) is 9.97 Å². The molecule has 0 radical (unpaired) electrons. The Hall–Kier alpha value is -1.30. The lowest BCUT2D eigenvalue weighted by atomic mass is 10.4. The minimum Gasteiger partial charge on any atom is -0.364 e. The van der Waals surface area contributed by atoms with Gasteiger partial charge < -0.3 is 5.73 Å². The fourth-order valence-electron chi connectivity index (χ4n) is 1.24. The zero-order valence-electron chi connectivity index (χ0n) is 8.93. The van der Waals surface area contributed by atoms with Crippen LogP contribution in [-0.2, 0) is 0 Å². The van der Waals surface area contributed by atoms with E-state index in [0.29, 0.717) is 20.0 Å². The third-order valence-electron chi connectivity index (χ3n) is 2.02. The third-order valence-corrected chi connectivity index (χ3v) is 4.00. The van der Waals surface area contributed by atoms with Crippen molar-refractivity contribution in [1.29, 1.82) is 0 Å². The number of primary amides is 1. The van der Waals surface area contributed by atoms with Crippen LogP contribution in [0.3, 0.4) is 0 Å². The number of aromatic nitrogens is 2. The lowest BCUT2D eigenvalue weighted by molar-refractivity contribution is 0.0991. The zero-order valence-corrected chi connectivity index (χ0v) is 11.3. The van der Waals surface area contributed by atoms with E-state index in [-0.39, 0.29) is 5.69 Å². The van der Waals surface area contributed by atoms with Gasteiger partial charge in [0.15, 0.2) is 5.69 Å². The van der Waals surface area contributed by atoms with Crippen LogP contribution < -0.4 is 5.73 Å². The molecule has 7 heteroatoms. The quantitative estimate of drug-likeness (QED) is 0.946. The summed E-state index contributed by atoms with van der Waals surface area (Å²) < 4.78 is 0. The number of hydrogen-bond donors (Lipinski definition) is 1. The predicted molar refractivity (Wildman–Crippen MR) is 71.1 cm³/mol. The van der Waals surface area contributed by atoms with Crippen molar-refractivity contribution in [2.45, 2.75) is 9.92 Å². The monoisotopic (exact) mass is 299 g/mol. The van der Waals surface area contributed by atoms with Crippen molar-refractivity contribution in [2.24, 2.45) is 5.73 Å². The smallest absolute Gasteiger partial charge is 0.270 e. The number of nitrogens with zero attached hydrogens (tertiary/aromatic N) is 2. The first-order valence-corrected chi connectivity index (χ1v) is 6.39. The fraction of sp³-hybridized carbons (Fsp3) is 0. The molecule has 0 aliphatic heterocycles. The molecule has 0 aliphatic rings. The molecule has 1 amide bonds. The van der Waals surface area contributed by atoms with Crippen molar-refractivity contribution in [1.82, 2.24) is 9.97 Å². The Morgan fingerprint density at radius 3 is 2.67 bits per heavy atom. The molecule has 0 spiro atoms. The predicted octanol–water partition coefficient (Wildman–Crippen LogP) is 3.03. The first-order chi connectivity index (χ1) is 8.59. The lowest BCUT2D eigenvalue weighted by Crippen LogP contribution is -2.14. The number of halogens is 2. The van der Waals surface area contributed by atoms with Crippen LogP contribution in [0.1, 0.15) is 10.5 Å². The van der Waals surface area contributed by atoms with E-state index in [1.54, 1.807) is 18.2 Å². The maximum absolute atomic E-state index is 11.2. The van der Waals surface area contributed by atoms with E-state index in [1.165, 1.54) is 24.2 Å². The van der Waals surface area contributed by atoms with E-state index in [1.807, 2.05) is 0 Å². The van der Waals surface area contributed by atoms with Crippen LogP contribution in [0.4, 0.5) is 0 Å². The second-order valence-corrected chi connectivity index (χ2v) is 5.04. The largest absolute Gasteiger partial charge is 0.364 e. The van der Waals surface area contributed by atoms with Gasteiger partial charge in [0.1, 0.15) is 5.03 Å². The number of benzene rings is 1. The van der Waals surface area contributed by atoms with E-state index >= 15 is 0 Å². The first-order valence-electron chi connectivity index (χ1n) is 4.82. The third kappa shape index (κ3) is 2.75. The molecular weight excluding hydrogens is 293 g/mol. The SMILES string of the molecule is NC(=O)c1nccnc1Sc1cccc(Cl)c1Cl. The van der Waals surface area contributed by atoms with Gasteiger partial charge in [-0.15, -0.1) is 0 Å². The second kappa shape index (κ2) is 5.56. The molecule has 4 nitrogen and oxygen atoms in total. The Bertz CT molecular complexity index is 607. The van der Waals surface area contributed by atoms with Gasteiger partial charge >= 0.3 is 0 Å². The molecule has 0 unspecified atom stereocenters. The Labute approximate surface area is 118 Å². The van der Waals surface area contributed by atoms with Crippen molar-refractivity contribution in [2.75, 3.05) is 0 Å². The molecule has 18 heavy (non-hydrogen) atoms. The highest BCUT2D eigenvalue weighted by molar-refractivity contribution is 7.99. The van der Waals surface area contributed by atoms with Crippen molar-refractivity contribution >= 4 is 40.9 Å². The highest BCUT2D eigenvalue weighted by Gasteiger charge is 2.14. The van der Waals surface area contributed by atoms with Crippen LogP contribution in [-0.4, -0.2) is 15.9 Å². The summed E-state index contributed by atoms with van der Waals surface area (Å²) in [5, 5.41) is 1.24. The van der Waals surface area contributed by atoms with E-state index < -0.39 is 5.91 Å². The molecule has 0 saturated heterocycles. The minimum absolute atomic E-state index is 0.110. The van der Waals surface area contributed by atoms with Gasteiger partial charge in [0.25, 0.3) is 5.91 Å². The molecule has 92 valence electrons. The Kier molecular flexibility index (Phi) is 4.06. The summed E-state index contributed by atoms with van der Waals surface area (Å²) in [6.45, 7) is 0. The molecule has 0 aliphatic carbocycles. The lowest BCUT2D eigenvalue weighted by Gasteiger charge is -2.06. The summed E-state index contributed by atoms with van der Waals surface area (Å²) in [4.78, 5) is 19.9. The van der Waals surface area contributed by atoms with E-state index in [9.17, 15) is 4.79 Å². The summed E-state index contributed by atoms with van der Waals surface area (Å²) >= 11 is 13.2. The number of carbonyl (C=O) groups is 1. The highest BCUT2D eigenvalue weighted by Crippen LogP contribution is 2.36. The van der Waals surface area contributed by atoms with Crippen molar-refractivity contribution in [3.8, 4) is 0 Å². The van der Waals surface area contributed by atoms with Crippen molar-refractivity contribution in [3.63, 3.8) is 0 Å². The molecule has 2 aromatic rings. The van der Waals surface area contributed by atoms with Crippen molar-refractivity contribution < 1.29 is 4.79 Å². The van der Waals surface area contributed by atoms with Gasteiger partial charge in [-0.3, -0.25) is 4.79 Å². The Morgan fingerprint density at radius 1 is 1.22 bits per heavy atom. The topological polar surface area (TPSA) is 68.9 Å². The standard InChI is InChI=1S/C11H7Cl2N3OS/c12-6-2-1-3-7(8(6)13)18-11-9(10(14)17)15-4-5-16-11/h1-5H,(H2,14,17). The molecule has 0 saturated carbocycles. The van der Waals surface area contributed by atoms with Gasteiger partial charge in [-0.2, -0.15) is 0 Å². The molecule has 2 N–H and O–H groups in total. The zero-order chi connectivity index (χ0) is 13.1. The van der Waals surface area contributed by atoms with Crippen LogP contribution in [0.2, 0.25) is 10.0 Å². The Balaban J connectivity index is 2.40. The molecular formula is C11H7Cl2N3OS. The molecule has 1 aromatic carbocycles. The summed E-state index contributed by atoms with van der Waals surface area (Å²) in [7, 11) is 0. The average Bonchev–Trinajstić information content (AvgIpc) is 2.35. The molecule has 1 heterocycles. The first kappa shape index (κ1) is 13.1. The number of amides is 1. The van der Waals surface area contributed by atoms with Crippen LogP contribution in [0.15, 0.2) is 40.5 Å².